The fourth-order valence-corrected chi connectivity index (χ4v) is 2.75. The predicted octanol–water partition coefficient (Wildman–Crippen LogP) is 6.01. The Balaban J connectivity index is 2.51. The average Bonchev–Trinajstić information content (AvgIpc) is 2.48. The van der Waals surface area contributed by atoms with E-state index >= 15 is 0 Å². The van der Waals surface area contributed by atoms with Gasteiger partial charge in [-0.05, 0) is 60.6 Å². The second kappa shape index (κ2) is 7.08. The molecule has 2 aromatic rings. The van der Waals surface area contributed by atoms with Gasteiger partial charge in [-0.1, -0.05) is 46.2 Å². The molecule has 0 bridgehead atoms. The largest absolute Gasteiger partial charge is 0.457 e. The summed E-state index contributed by atoms with van der Waals surface area (Å²) in [6.07, 6.45) is 3.41. The first-order valence-corrected chi connectivity index (χ1v) is 8.49. The van der Waals surface area contributed by atoms with Crippen molar-refractivity contribution in [3.63, 3.8) is 0 Å². The smallest absolute Gasteiger partial charge is 0.134 e. The summed E-state index contributed by atoms with van der Waals surface area (Å²) >= 11 is 0. The highest BCUT2D eigenvalue weighted by molar-refractivity contribution is 5.52. The maximum Gasteiger partial charge on any atom is 0.134 e. The van der Waals surface area contributed by atoms with Gasteiger partial charge in [0.2, 0.25) is 0 Å². The number of nitrogen functional groups attached to an aromatic ring is 1. The lowest BCUT2D eigenvalue weighted by Crippen LogP contribution is -2.14. The monoisotopic (exact) mass is 311 g/mol. The van der Waals surface area contributed by atoms with Gasteiger partial charge >= 0.3 is 0 Å². The van der Waals surface area contributed by atoms with E-state index in [-0.39, 0.29) is 5.41 Å². The topological polar surface area (TPSA) is 35.2 Å². The van der Waals surface area contributed by atoms with Crippen molar-refractivity contribution in [2.75, 3.05) is 5.73 Å². The maximum absolute atomic E-state index is 6.34. The van der Waals surface area contributed by atoms with Gasteiger partial charge in [0.05, 0.1) is 0 Å². The summed E-state index contributed by atoms with van der Waals surface area (Å²) in [6, 6.07) is 12.1. The minimum Gasteiger partial charge on any atom is -0.457 e. The molecule has 0 saturated carbocycles. The number of anilines is 1. The quantitative estimate of drug-likeness (QED) is 0.686. The molecule has 23 heavy (non-hydrogen) atoms. The number of unbranched alkanes of at least 4 members (excludes halogenated alkanes) is 1. The lowest BCUT2D eigenvalue weighted by Gasteiger charge is -2.26. The molecule has 0 fully saturated rings. The number of hydrogen-bond acceptors (Lipinski definition) is 2. The SMILES string of the molecule is CCCCc1c(C)ccc(C(C)(C)C)c1Oc1ccc(N)cc1. The van der Waals surface area contributed by atoms with E-state index in [0.717, 1.165) is 23.6 Å². The lowest BCUT2D eigenvalue weighted by molar-refractivity contribution is 0.448. The molecule has 0 amide bonds. The number of nitrogens with two attached hydrogens (primary N) is 1. The molecule has 2 aromatic carbocycles. The van der Waals surface area contributed by atoms with Crippen LogP contribution in [-0.4, -0.2) is 0 Å². The van der Waals surface area contributed by atoms with Crippen LogP contribution in [0.2, 0.25) is 0 Å². The second-order valence-corrected chi connectivity index (χ2v) is 7.26. The van der Waals surface area contributed by atoms with Gasteiger partial charge in [-0.3, -0.25) is 0 Å². The Kier molecular flexibility index (Phi) is 5.35. The van der Waals surface area contributed by atoms with Crippen LogP contribution in [0.5, 0.6) is 11.5 Å². The molecule has 2 N–H and O–H groups in total. The van der Waals surface area contributed by atoms with Crippen LogP contribution in [0.15, 0.2) is 36.4 Å². The molecule has 0 aromatic heterocycles. The molecule has 0 spiro atoms. The summed E-state index contributed by atoms with van der Waals surface area (Å²) in [7, 11) is 0. The van der Waals surface area contributed by atoms with E-state index < -0.39 is 0 Å². The van der Waals surface area contributed by atoms with Crippen molar-refractivity contribution in [2.24, 2.45) is 0 Å². The van der Waals surface area contributed by atoms with Gasteiger partial charge in [-0.2, -0.15) is 0 Å². The minimum atomic E-state index is 0.0395. The summed E-state index contributed by atoms with van der Waals surface area (Å²) in [6.45, 7) is 11.1. The van der Waals surface area contributed by atoms with E-state index in [1.165, 1.54) is 29.5 Å². The van der Waals surface area contributed by atoms with E-state index in [0.29, 0.717) is 0 Å². The van der Waals surface area contributed by atoms with Crippen LogP contribution >= 0.6 is 0 Å². The first-order chi connectivity index (χ1) is 10.8. The first-order valence-electron chi connectivity index (χ1n) is 8.49. The van der Waals surface area contributed by atoms with Crippen molar-refractivity contribution in [1.82, 2.24) is 0 Å². The first kappa shape index (κ1) is 17.4. The Bertz CT molecular complexity index is 651. The molecule has 2 heteroatoms. The van der Waals surface area contributed by atoms with Crippen LogP contribution in [0, 0.1) is 6.92 Å². The van der Waals surface area contributed by atoms with Gasteiger partial charge < -0.3 is 10.5 Å². The molecule has 124 valence electrons. The fraction of sp³-hybridized carbons (Fsp3) is 0.429. The normalized spacial score (nSPS) is 11.5. The molecule has 0 radical (unpaired) electrons. The Morgan fingerprint density at radius 3 is 2.22 bits per heavy atom. The Morgan fingerprint density at radius 1 is 1.00 bits per heavy atom. The summed E-state index contributed by atoms with van der Waals surface area (Å²) in [5.74, 6) is 1.86. The molecule has 0 aliphatic carbocycles. The number of aryl methyl sites for hydroxylation is 1. The van der Waals surface area contributed by atoms with E-state index in [1.54, 1.807) is 0 Å². The Morgan fingerprint density at radius 2 is 1.65 bits per heavy atom. The minimum absolute atomic E-state index is 0.0395. The molecule has 2 nitrogen and oxygen atoms in total. The van der Waals surface area contributed by atoms with Crippen molar-refractivity contribution < 1.29 is 4.74 Å². The third-order valence-corrected chi connectivity index (χ3v) is 4.18. The Labute approximate surface area is 140 Å². The third-order valence-electron chi connectivity index (χ3n) is 4.18. The maximum atomic E-state index is 6.34. The highest BCUT2D eigenvalue weighted by Crippen LogP contribution is 2.39. The zero-order chi connectivity index (χ0) is 17.0. The third kappa shape index (κ3) is 4.28. The van der Waals surface area contributed by atoms with Crippen molar-refractivity contribution in [3.05, 3.63) is 53.1 Å². The van der Waals surface area contributed by atoms with Crippen LogP contribution in [0.4, 0.5) is 5.69 Å². The van der Waals surface area contributed by atoms with E-state index in [1.807, 2.05) is 24.3 Å². The van der Waals surface area contributed by atoms with Crippen molar-refractivity contribution in [3.8, 4) is 11.5 Å². The van der Waals surface area contributed by atoms with Crippen LogP contribution in [-0.2, 0) is 11.8 Å². The van der Waals surface area contributed by atoms with E-state index in [9.17, 15) is 0 Å². The van der Waals surface area contributed by atoms with Crippen LogP contribution < -0.4 is 10.5 Å². The molecule has 0 atom stereocenters. The number of rotatable bonds is 5. The van der Waals surface area contributed by atoms with Gasteiger partial charge in [0, 0.05) is 11.3 Å². The van der Waals surface area contributed by atoms with Gasteiger partial charge in [0.1, 0.15) is 11.5 Å². The molecule has 0 aliphatic rings. The highest BCUT2D eigenvalue weighted by Gasteiger charge is 2.23. The molecular formula is C21H29NO. The number of ether oxygens (including phenoxy) is 1. The number of hydrogen-bond donors (Lipinski definition) is 1. The summed E-state index contributed by atoms with van der Waals surface area (Å²) < 4.78 is 6.34. The molecular weight excluding hydrogens is 282 g/mol. The second-order valence-electron chi connectivity index (χ2n) is 7.26. The molecule has 2 rings (SSSR count). The molecule has 0 heterocycles. The van der Waals surface area contributed by atoms with Gasteiger partial charge in [-0.25, -0.2) is 0 Å². The molecule has 0 unspecified atom stereocenters. The highest BCUT2D eigenvalue weighted by atomic mass is 16.5. The van der Waals surface area contributed by atoms with Gasteiger partial charge in [0.15, 0.2) is 0 Å². The van der Waals surface area contributed by atoms with E-state index in [4.69, 9.17) is 10.5 Å². The Hall–Kier alpha value is -1.96. The van der Waals surface area contributed by atoms with Crippen LogP contribution in [0.25, 0.3) is 0 Å². The summed E-state index contributed by atoms with van der Waals surface area (Å²) in [5.41, 5.74) is 10.5. The molecule has 0 aliphatic heterocycles. The summed E-state index contributed by atoms with van der Waals surface area (Å²) in [4.78, 5) is 0. The van der Waals surface area contributed by atoms with Crippen molar-refractivity contribution in [1.29, 1.82) is 0 Å². The predicted molar refractivity (Wildman–Crippen MR) is 99.4 cm³/mol. The number of benzene rings is 2. The van der Waals surface area contributed by atoms with Crippen molar-refractivity contribution >= 4 is 5.69 Å². The standard InChI is InChI=1S/C21H29NO/c1-6-7-8-18-15(2)9-14-19(21(3,4)5)20(18)23-17-12-10-16(22)11-13-17/h9-14H,6-8,22H2,1-5H3. The fourth-order valence-electron chi connectivity index (χ4n) is 2.75. The lowest BCUT2D eigenvalue weighted by atomic mass is 9.83. The van der Waals surface area contributed by atoms with Crippen LogP contribution in [0.1, 0.15) is 57.2 Å². The van der Waals surface area contributed by atoms with Crippen molar-refractivity contribution in [2.45, 2.75) is 59.3 Å². The molecule has 0 saturated heterocycles. The van der Waals surface area contributed by atoms with Gasteiger partial charge in [0.25, 0.3) is 0 Å². The zero-order valence-electron chi connectivity index (χ0n) is 15.1. The zero-order valence-corrected chi connectivity index (χ0v) is 15.1. The summed E-state index contributed by atoms with van der Waals surface area (Å²) in [5, 5.41) is 0. The van der Waals surface area contributed by atoms with Crippen LogP contribution in [0.3, 0.4) is 0 Å². The average molecular weight is 311 g/mol. The van der Waals surface area contributed by atoms with E-state index in [2.05, 4.69) is 46.8 Å². The van der Waals surface area contributed by atoms with Gasteiger partial charge in [-0.15, -0.1) is 0 Å².